The Kier molecular flexibility index (Phi) is 6.02. The second-order valence-electron chi connectivity index (χ2n) is 7.14. The highest BCUT2D eigenvalue weighted by Crippen LogP contribution is 2.19. The molecule has 0 unspecified atom stereocenters. The highest BCUT2D eigenvalue weighted by Gasteiger charge is 2.27. The van der Waals surface area contributed by atoms with Gasteiger partial charge in [-0.05, 0) is 24.1 Å². The van der Waals surface area contributed by atoms with Gasteiger partial charge in [-0.15, -0.1) is 0 Å². The molecule has 2 aromatic carbocycles. The predicted molar refractivity (Wildman–Crippen MR) is 111 cm³/mol. The summed E-state index contributed by atoms with van der Waals surface area (Å²) in [5, 5.41) is 12.0. The van der Waals surface area contributed by atoms with Crippen LogP contribution in [0, 0.1) is 0 Å². The van der Waals surface area contributed by atoms with Crippen LogP contribution in [0.25, 0.3) is 0 Å². The summed E-state index contributed by atoms with van der Waals surface area (Å²) in [7, 11) is 0. The van der Waals surface area contributed by atoms with Crippen molar-refractivity contribution >= 4 is 23.4 Å². The molecule has 0 fully saturated rings. The smallest absolute Gasteiger partial charge is 0.254 e. The lowest BCUT2D eigenvalue weighted by molar-refractivity contribution is -0.122. The van der Waals surface area contributed by atoms with Crippen molar-refractivity contribution in [2.24, 2.45) is 0 Å². The van der Waals surface area contributed by atoms with Gasteiger partial charge in [0, 0.05) is 12.8 Å². The Balaban J connectivity index is 1.25. The molecule has 1 aliphatic heterocycles. The molecule has 0 spiro atoms. The highest BCUT2D eigenvalue weighted by atomic mass is 16.5. The maximum atomic E-state index is 12.4. The van der Waals surface area contributed by atoms with Crippen molar-refractivity contribution in [1.82, 2.24) is 20.8 Å². The molecule has 9 nitrogen and oxygen atoms in total. The summed E-state index contributed by atoms with van der Waals surface area (Å²) in [4.78, 5) is 41.2. The number of carbonyl (C=O) groups excluding carboxylic acids is 3. The van der Waals surface area contributed by atoms with Gasteiger partial charge in [-0.25, -0.2) is 0 Å². The van der Waals surface area contributed by atoms with Gasteiger partial charge in [0.25, 0.3) is 5.91 Å². The number of carbonyl (C=O) groups is 3. The molecule has 3 N–H and O–H groups in total. The number of rotatable bonds is 7. The van der Waals surface area contributed by atoms with Crippen molar-refractivity contribution in [2.45, 2.75) is 31.8 Å². The number of fused-ring (bicyclic) bond motifs is 1. The van der Waals surface area contributed by atoms with Crippen LogP contribution < -0.4 is 16.0 Å². The lowest BCUT2D eigenvalue weighted by Gasteiger charge is -2.14. The van der Waals surface area contributed by atoms with Gasteiger partial charge in [0.1, 0.15) is 6.04 Å². The number of benzene rings is 2. The average Bonchev–Trinajstić information content (AvgIpc) is 3.18. The van der Waals surface area contributed by atoms with E-state index in [0.29, 0.717) is 29.4 Å². The van der Waals surface area contributed by atoms with Gasteiger partial charge >= 0.3 is 0 Å². The molecule has 3 amide bonds. The van der Waals surface area contributed by atoms with Gasteiger partial charge in [-0.1, -0.05) is 47.6 Å². The van der Waals surface area contributed by atoms with Crippen LogP contribution in [0.3, 0.4) is 0 Å². The zero-order valence-electron chi connectivity index (χ0n) is 16.6. The quantitative estimate of drug-likeness (QED) is 0.536. The van der Waals surface area contributed by atoms with Crippen molar-refractivity contribution < 1.29 is 18.9 Å². The van der Waals surface area contributed by atoms with Crippen LogP contribution in [0.15, 0.2) is 59.1 Å². The van der Waals surface area contributed by atoms with E-state index < -0.39 is 6.04 Å². The third kappa shape index (κ3) is 5.13. The zero-order valence-corrected chi connectivity index (χ0v) is 16.6. The molecule has 0 saturated carbocycles. The van der Waals surface area contributed by atoms with E-state index >= 15 is 0 Å². The molecule has 0 bridgehead atoms. The van der Waals surface area contributed by atoms with E-state index in [-0.39, 0.29) is 37.1 Å². The number of amides is 3. The molecule has 1 atom stereocenters. The fourth-order valence-electron chi connectivity index (χ4n) is 3.26. The Morgan fingerprint density at radius 1 is 1.06 bits per heavy atom. The molecule has 158 valence electrons. The summed E-state index contributed by atoms with van der Waals surface area (Å²) in [6.07, 6.45) is 0.761. The largest absolute Gasteiger partial charge is 0.347 e. The van der Waals surface area contributed by atoms with Gasteiger partial charge in [0.05, 0.1) is 17.8 Å². The summed E-state index contributed by atoms with van der Waals surface area (Å²) in [5.41, 5.74) is 1.91. The van der Waals surface area contributed by atoms with Crippen molar-refractivity contribution in [2.75, 3.05) is 5.32 Å². The minimum atomic E-state index is -0.800. The first-order valence-corrected chi connectivity index (χ1v) is 9.91. The summed E-state index contributed by atoms with van der Waals surface area (Å²) in [6.45, 7) is 0.0925. The summed E-state index contributed by atoms with van der Waals surface area (Å²) < 4.78 is 5.17. The minimum Gasteiger partial charge on any atom is -0.347 e. The molecule has 31 heavy (non-hydrogen) atoms. The monoisotopic (exact) mass is 419 g/mol. The topological polar surface area (TPSA) is 126 Å². The van der Waals surface area contributed by atoms with Crippen LogP contribution in [0.2, 0.25) is 0 Å². The molecule has 2 heterocycles. The molecule has 0 aliphatic carbocycles. The van der Waals surface area contributed by atoms with Crippen LogP contribution in [-0.2, 0) is 22.6 Å². The Bertz CT molecular complexity index is 1100. The maximum absolute atomic E-state index is 12.4. The second kappa shape index (κ2) is 9.21. The number of hydrogen-bond acceptors (Lipinski definition) is 6. The molecule has 1 aromatic heterocycles. The van der Waals surface area contributed by atoms with E-state index in [9.17, 15) is 14.4 Å². The molecule has 9 heteroatoms. The van der Waals surface area contributed by atoms with Crippen LogP contribution in [-0.4, -0.2) is 33.9 Å². The van der Waals surface area contributed by atoms with E-state index in [2.05, 4.69) is 26.1 Å². The average molecular weight is 419 g/mol. The molecular weight excluding hydrogens is 398 g/mol. The van der Waals surface area contributed by atoms with Crippen molar-refractivity contribution in [3.63, 3.8) is 0 Å². The lowest BCUT2D eigenvalue weighted by Crippen LogP contribution is -2.42. The van der Waals surface area contributed by atoms with Crippen LogP contribution in [0.4, 0.5) is 5.69 Å². The van der Waals surface area contributed by atoms with Gasteiger partial charge in [-0.3, -0.25) is 14.4 Å². The lowest BCUT2D eigenvalue weighted by atomic mass is 10.1. The number of para-hydroxylation sites is 1. The van der Waals surface area contributed by atoms with E-state index in [1.807, 2.05) is 30.3 Å². The Morgan fingerprint density at radius 3 is 2.68 bits per heavy atom. The Morgan fingerprint density at radius 2 is 1.84 bits per heavy atom. The highest BCUT2D eigenvalue weighted by molar-refractivity contribution is 6.09. The van der Waals surface area contributed by atoms with Crippen LogP contribution in [0.5, 0.6) is 0 Å². The predicted octanol–water partition coefficient (Wildman–Crippen LogP) is 1.81. The zero-order chi connectivity index (χ0) is 21.6. The fraction of sp³-hybridized carbons (Fsp3) is 0.227. The minimum absolute atomic E-state index is 0.0553. The van der Waals surface area contributed by atoms with E-state index in [1.165, 1.54) is 0 Å². The van der Waals surface area contributed by atoms with Crippen LogP contribution in [0.1, 0.15) is 40.5 Å². The number of nitrogens with zero attached hydrogens (tertiary/aromatic N) is 2. The third-order valence-corrected chi connectivity index (χ3v) is 4.86. The molecular formula is C22H21N5O4. The van der Waals surface area contributed by atoms with E-state index in [1.54, 1.807) is 24.3 Å². The molecule has 4 rings (SSSR count). The summed E-state index contributed by atoms with van der Waals surface area (Å²) in [5.74, 6) is -0.153. The normalized spacial score (nSPS) is 15.4. The maximum Gasteiger partial charge on any atom is 0.254 e. The summed E-state index contributed by atoms with van der Waals surface area (Å²) in [6, 6.07) is 15.7. The van der Waals surface area contributed by atoms with Gasteiger partial charge < -0.3 is 20.5 Å². The third-order valence-electron chi connectivity index (χ3n) is 4.86. The Hall–Kier alpha value is -4.01. The van der Waals surface area contributed by atoms with Gasteiger partial charge in [-0.2, -0.15) is 4.98 Å². The Labute approximate surface area is 178 Å². The number of anilines is 1. The first-order valence-electron chi connectivity index (χ1n) is 9.91. The molecule has 1 aliphatic rings. The number of hydrogen-bond donors (Lipinski definition) is 3. The van der Waals surface area contributed by atoms with Crippen molar-refractivity contribution in [3.05, 3.63) is 77.4 Å². The van der Waals surface area contributed by atoms with Gasteiger partial charge in [0.2, 0.25) is 17.7 Å². The SMILES string of the molecule is O=C(CC[C@@H]1NC(=O)c2ccccc2NC1=O)NCc1nc(Cc2ccccc2)no1. The molecule has 0 radical (unpaired) electrons. The molecule has 0 saturated heterocycles. The summed E-state index contributed by atoms with van der Waals surface area (Å²) >= 11 is 0. The van der Waals surface area contributed by atoms with Gasteiger partial charge in [0.15, 0.2) is 5.82 Å². The van der Waals surface area contributed by atoms with E-state index in [0.717, 1.165) is 5.56 Å². The van der Waals surface area contributed by atoms with Crippen molar-refractivity contribution in [3.8, 4) is 0 Å². The fourth-order valence-corrected chi connectivity index (χ4v) is 3.26. The number of aromatic nitrogens is 2. The standard InChI is InChI=1S/C22H21N5O4/c28-19(23-13-20-26-18(27-31-20)12-14-6-2-1-3-7-14)11-10-17-22(30)24-16-9-5-4-8-15(16)21(29)25-17/h1-9,17H,10-13H2,(H,23,28)(H,24,30)(H,25,29)/t17-/m0/s1. The number of nitrogens with one attached hydrogen (secondary N) is 3. The first-order chi connectivity index (χ1) is 15.1. The van der Waals surface area contributed by atoms with E-state index in [4.69, 9.17) is 4.52 Å². The first kappa shape index (κ1) is 20.3. The van der Waals surface area contributed by atoms with Crippen LogP contribution >= 0.6 is 0 Å². The van der Waals surface area contributed by atoms with Crippen molar-refractivity contribution in [1.29, 1.82) is 0 Å². The second-order valence-corrected chi connectivity index (χ2v) is 7.14. The molecule has 3 aromatic rings.